The Morgan fingerprint density at radius 2 is 1.83 bits per heavy atom. The largest absolute Gasteiger partial charge is 0.368 e. The van der Waals surface area contributed by atoms with Crippen LogP contribution in [0.25, 0.3) is 5.69 Å². The highest BCUT2D eigenvalue weighted by atomic mass is 32.2. The van der Waals surface area contributed by atoms with Crippen molar-refractivity contribution in [2.75, 3.05) is 16.8 Å². The van der Waals surface area contributed by atoms with Crippen molar-refractivity contribution < 1.29 is 4.79 Å². The molecule has 0 saturated carbocycles. The molecule has 0 atom stereocenters. The molecule has 0 spiro atoms. The van der Waals surface area contributed by atoms with Crippen LogP contribution in [0.4, 0.5) is 11.6 Å². The Hall–Kier alpha value is -2.80. The molecular formula is C17H17N5OS. The number of thioether (sulfide) groups is 1. The van der Waals surface area contributed by atoms with E-state index in [0.29, 0.717) is 11.1 Å². The number of carbonyl (C=O) groups is 1. The molecule has 7 heteroatoms. The van der Waals surface area contributed by atoms with Crippen LogP contribution in [0.1, 0.15) is 5.56 Å². The first kappa shape index (κ1) is 16.1. The van der Waals surface area contributed by atoms with Gasteiger partial charge in [0.1, 0.15) is 0 Å². The number of nitrogens with zero attached hydrogens (tertiary/aromatic N) is 3. The molecule has 3 aromatic rings. The first-order valence-electron chi connectivity index (χ1n) is 7.40. The zero-order chi connectivity index (χ0) is 16.9. The van der Waals surface area contributed by atoms with Crippen LogP contribution in [0.2, 0.25) is 0 Å². The molecule has 24 heavy (non-hydrogen) atoms. The third kappa shape index (κ3) is 3.57. The number of anilines is 2. The van der Waals surface area contributed by atoms with Gasteiger partial charge in [0.25, 0.3) is 0 Å². The third-order valence-electron chi connectivity index (χ3n) is 3.42. The molecule has 6 nitrogen and oxygen atoms in total. The number of aromatic nitrogens is 3. The number of rotatable bonds is 5. The third-order valence-corrected chi connectivity index (χ3v) is 4.35. The fraction of sp³-hybridized carbons (Fsp3) is 0.118. The van der Waals surface area contributed by atoms with E-state index in [1.807, 2.05) is 61.5 Å². The van der Waals surface area contributed by atoms with E-state index in [4.69, 9.17) is 5.73 Å². The number of aryl methyl sites for hydroxylation is 1. The van der Waals surface area contributed by atoms with Crippen molar-refractivity contribution in [2.24, 2.45) is 0 Å². The van der Waals surface area contributed by atoms with Crippen molar-refractivity contribution in [1.29, 1.82) is 0 Å². The van der Waals surface area contributed by atoms with Crippen molar-refractivity contribution in [1.82, 2.24) is 14.8 Å². The predicted octanol–water partition coefficient (Wildman–Crippen LogP) is 2.89. The van der Waals surface area contributed by atoms with Gasteiger partial charge in [-0.25, -0.2) is 0 Å². The second kappa shape index (κ2) is 7.18. The van der Waals surface area contributed by atoms with Crippen LogP contribution in [0.15, 0.2) is 59.8 Å². The van der Waals surface area contributed by atoms with E-state index in [2.05, 4.69) is 15.5 Å². The average Bonchev–Trinajstić information content (AvgIpc) is 2.96. The summed E-state index contributed by atoms with van der Waals surface area (Å²) in [6, 6.07) is 17.2. The molecule has 0 aliphatic rings. The van der Waals surface area contributed by atoms with Gasteiger partial charge in [0.2, 0.25) is 11.9 Å². The number of amides is 1. The molecule has 1 aromatic heterocycles. The average molecular weight is 339 g/mol. The SMILES string of the molecule is Cc1ccccc1NC(=O)CSc1nnc(N)n1-c1ccccc1. The summed E-state index contributed by atoms with van der Waals surface area (Å²) in [5.74, 6) is 0.415. The Balaban J connectivity index is 1.70. The lowest BCUT2D eigenvalue weighted by Crippen LogP contribution is -2.15. The monoisotopic (exact) mass is 339 g/mol. The fourth-order valence-corrected chi connectivity index (χ4v) is 2.98. The molecule has 0 bridgehead atoms. The normalized spacial score (nSPS) is 10.5. The summed E-state index contributed by atoms with van der Waals surface area (Å²) in [6.07, 6.45) is 0. The summed E-state index contributed by atoms with van der Waals surface area (Å²) < 4.78 is 1.73. The molecule has 3 N–H and O–H groups in total. The van der Waals surface area contributed by atoms with E-state index in [1.165, 1.54) is 11.8 Å². The van der Waals surface area contributed by atoms with Gasteiger partial charge in [-0.05, 0) is 30.7 Å². The summed E-state index contributed by atoms with van der Waals surface area (Å²) in [6.45, 7) is 1.95. The Kier molecular flexibility index (Phi) is 4.81. The zero-order valence-corrected chi connectivity index (χ0v) is 14.0. The fourth-order valence-electron chi connectivity index (χ4n) is 2.22. The summed E-state index contributed by atoms with van der Waals surface area (Å²) >= 11 is 1.29. The van der Waals surface area contributed by atoms with Crippen molar-refractivity contribution in [3.05, 3.63) is 60.2 Å². The molecule has 2 aromatic carbocycles. The van der Waals surface area contributed by atoms with E-state index < -0.39 is 0 Å². The van der Waals surface area contributed by atoms with Crippen LogP contribution in [0.3, 0.4) is 0 Å². The molecule has 0 aliphatic carbocycles. The lowest BCUT2D eigenvalue weighted by atomic mass is 10.2. The minimum Gasteiger partial charge on any atom is -0.368 e. The van der Waals surface area contributed by atoms with Crippen LogP contribution in [0, 0.1) is 6.92 Å². The van der Waals surface area contributed by atoms with Gasteiger partial charge in [-0.1, -0.05) is 48.2 Å². The molecule has 1 heterocycles. The van der Waals surface area contributed by atoms with Gasteiger partial charge in [-0.2, -0.15) is 0 Å². The molecule has 122 valence electrons. The maximum absolute atomic E-state index is 12.2. The van der Waals surface area contributed by atoms with Crippen LogP contribution in [0.5, 0.6) is 0 Å². The molecular weight excluding hydrogens is 322 g/mol. The Bertz CT molecular complexity index is 847. The lowest BCUT2D eigenvalue weighted by molar-refractivity contribution is -0.113. The quantitative estimate of drug-likeness (QED) is 0.698. The number of carbonyl (C=O) groups excluding carboxylic acids is 1. The number of benzene rings is 2. The highest BCUT2D eigenvalue weighted by molar-refractivity contribution is 7.99. The van der Waals surface area contributed by atoms with Crippen LogP contribution in [-0.2, 0) is 4.79 Å². The first-order chi connectivity index (χ1) is 11.6. The number of nitrogens with one attached hydrogen (secondary N) is 1. The van der Waals surface area contributed by atoms with Gasteiger partial charge in [-0.15, -0.1) is 10.2 Å². The van der Waals surface area contributed by atoms with Crippen LogP contribution < -0.4 is 11.1 Å². The van der Waals surface area contributed by atoms with E-state index in [1.54, 1.807) is 4.57 Å². The second-order valence-corrected chi connectivity index (χ2v) is 6.11. The standard InChI is InChI=1S/C17H17N5OS/c1-12-7-5-6-10-14(12)19-15(23)11-24-17-21-20-16(18)22(17)13-8-3-2-4-9-13/h2-10H,11H2,1H3,(H2,18,20)(H,19,23). The summed E-state index contributed by atoms with van der Waals surface area (Å²) in [4.78, 5) is 12.2. The molecule has 0 aliphatic heterocycles. The van der Waals surface area contributed by atoms with Crippen molar-refractivity contribution >= 4 is 29.3 Å². The van der Waals surface area contributed by atoms with E-state index in [0.717, 1.165) is 16.9 Å². The molecule has 0 fully saturated rings. The van der Waals surface area contributed by atoms with E-state index >= 15 is 0 Å². The molecule has 3 rings (SSSR count). The van der Waals surface area contributed by atoms with Gasteiger partial charge in [-0.3, -0.25) is 9.36 Å². The van der Waals surface area contributed by atoms with Gasteiger partial charge < -0.3 is 11.1 Å². The number of nitrogen functional groups attached to an aromatic ring is 1. The molecule has 0 radical (unpaired) electrons. The molecule has 0 saturated heterocycles. The van der Waals surface area contributed by atoms with E-state index in [9.17, 15) is 4.79 Å². The Labute approximate surface area is 144 Å². The van der Waals surface area contributed by atoms with Crippen LogP contribution >= 0.6 is 11.8 Å². The van der Waals surface area contributed by atoms with Gasteiger partial charge in [0.05, 0.1) is 11.4 Å². The highest BCUT2D eigenvalue weighted by Crippen LogP contribution is 2.23. The van der Waals surface area contributed by atoms with Crippen molar-refractivity contribution in [3.8, 4) is 5.69 Å². The van der Waals surface area contributed by atoms with Gasteiger partial charge >= 0.3 is 0 Å². The minimum atomic E-state index is -0.101. The molecule has 1 amide bonds. The molecule has 0 unspecified atom stereocenters. The van der Waals surface area contributed by atoms with Gasteiger partial charge in [0, 0.05) is 5.69 Å². The highest BCUT2D eigenvalue weighted by Gasteiger charge is 2.14. The summed E-state index contributed by atoms with van der Waals surface area (Å²) in [7, 11) is 0. The van der Waals surface area contributed by atoms with Crippen molar-refractivity contribution in [2.45, 2.75) is 12.1 Å². The Morgan fingerprint density at radius 1 is 1.12 bits per heavy atom. The number of para-hydroxylation sites is 2. The minimum absolute atomic E-state index is 0.101. The Morgan fingerprint density at radius 3 is 2.58 bits per heavy atom. The number of nitrogens with two attached hydrogens (primary N) is 1. The van der Waals surface area contributed by atoms with Gasteiger partial charge in [0.15, 0.2) is 5.16 Å². The summed E-state index contributed by atoms with van der Waals surface area (Å²) in [5, 5.41) is 11.4. The van der Waals surface area contributed by atoms with E-state index in [-0.39, 0.29) is 11.7 Å². The maximum Gasteiger partial charge on any atom is 0.234 e. The number of hydrogen-bond donors (Lipinski definition) is 2. The van der Waals surface area contributed by atoms with Crippen molar-refractivity contribution in [3.63, 3.8) is 0 Å². The lowest BCUT2D eigenvalue weighted by Gasteiger charge is -2.09. The topological polar surface area (TPSA) is 85.8 Å². The first-order valence-corrected chi connectivity index (χ1v) is 8.38. The zero-order valence-electron chi connectivity index (χ0n) is 13.1. The number of hydrogen-bond acceptors (Lipinski definition) is 5. The predicted molar refractivity (Wildman–Crippen MR) is 96.3 cm³/mol. The summed E-state index contributed by atoms with van der Waals surface area (Å²) in [5.41, 5.74) is 8.59. The smallest absolute Gasteiger partial charge is 0.234 e. The second-order valence-electron chi connectivity index (χ2n) is 5.16. The maximum atomic E-state index is 12.2. The van der Waals surface area contributed by atoms with Crippen LogP contribution in [-0.4, -0.2) is 26.4 Å².